The van der Waals surface area contributed by atoms with Crippen molar-refractivity contribution in [2.75, 3.05) is 0 Å². The van der Waals surface area contributed by atoms with Crippen LogP contribution in [0.25, 0.3) is 16.9 Å². The first-order chi connectivity index (χ1) is 12.1. The van der Waals surface area contributed by atoms with E-state index in [1.807, 2.05) is 42.7 Å². The van der Waals surface area contributed by atoms with Gasteiger partial charge in [-0.1, -0.05) is 24.6 Å². The topological polar surface area (TPSA) is 61.8 Å². The maximum atomic E-state index is 13.0. The number of nitrogens with zero attached hydrogens (tertiary/aromatic N) is 4. The Morgan fingerprint density at radius 2 is 1.88 bits per heavy atom. The smallest absolute Gasteiger partial charge is 0.324 e. The van der Waals surface area contributed by atoms with E-state index < -0.39 is 0 Å². The lowest BCUT2D eigenvalue weighted by Gasteiger charge is -2.12. The summed E-state index contributed by atoms with van der Waals surface area (Å²) < 4.78 is 4.83. The molecule has 0 saturated heterocycles. The lowest BCUT2D eigenvalue weighted by Crippen LogP contribution is -2.40. The van der Waals surface area contributed by atoms with E-state index in [2.05, 4.69) is 4.98 Å². The minimum absolute atomic E-state index is 0.233. The van der Waals surface area contributed by atoms with Crippen LogP contribution in [-0.4, -0.2) is 18.7 Å². The average Bonchev–Trinajstić information content (AvgIpc) is 3.32. The van der Waals surface area contributed by atoms with E-state index in [9.17, 15) is 9.59 Å². The average molecular weight is 338 g/mol. The van der Waals surface area contributed by atoms with Gasteiger partial charge in [-0.2, -0.15) is 0 Å². The zero-order chi connectivity index (χ0) is 17.6. The molecule has 1 aromatic carbocycles. The predicted octanol–water partition coefficient (Wildman–Crippen LogP) is 2.48. The summed E-state index contributed by atoms with van der Waals surface area (Å²) in [7, 11) is 0. The molecule has 6 nitrogen and oxygen atoms in total. The zero-order valence-electron chi connectivity index (χ0n) is 14.6. The van der Waals surface area contributed by atoms with Crippen molar-refractivity contribution in [3.8, 4) is 5.69 Å². The number of rotatable bonds is 5. The maximum Gasteiger partial charge on any atom is 0.337 e. The summed E-state index contributed by atoms with van der Waals surface area (Å²) in [5, 5.41) is 0. The van der Waals surface area contributed by atoms with Crippen LogP contribution in [0.1, 0.15) is 31.7 Å². The van der Waals surface area contributed by atoms with E-state index in [0.29, 0.717) is 23.6 Å². The molecule has 3 aromatic rings. The van der Waals surface area contributed by atoms with E-state index in [-0.39, 0.29) is 11.2 Å². The molecule has 0 N–H and O–H groups in total. The molecule has 4 rings (SSSR count). The second kappa shape index (κ2) is 6.02. The third kappa shape index (κ3) is 2.71. The van der Waals surface area contributed by atoms with Gasteiger partial charge in [0.1, 0.15) is 0 Å². The van der Waals surface area contributed by atoms with Gasteiger partial charge in [0.15, 0.2) is 11.2 Å². The van der Waals surface area contributed by atoms with Crippen LogP contribution in [0.2, 0.25) is 0 Å². The van der Waals surface area contributed by atoms with Gasteiger partial charge in [-0.05, 0) is 44.2 Å². The predicted molar refractivity (Wildman–Crippen MR) is 97.3 cm³/mol. The molecule has 0 bridgehead atoms. The molecule has 0 aliphatic heterocycles. The summed E-state index contributed by atoms with van der Waals surface area (Å²) >= 11 is 0. The van der Waals surface area contributed by atoms with Crippen LogP contribution in [0.15, 0.2) is 40.2 Å². The highest BCUT2D eigenvalue weighted by molar-refractivity contribution is 5.72. The van der Waals surface area contributed by atoms with Gasteiger partial charge in [-0.3, -0.25) is 9.36 Å². The Kier molecular flexibility index (Phi) is 3.82. The van der Waals surface area contributed by atoms with Gasteiger partial charge < -0.3 is 4.57 Å². The van der Waals surface area contributed by atoms with Crippen molar-refractivity contribution < 1.29 is 0 Å². The lowest BCUT2D eigenvalue weighted by atomic mass is 10.2. The summed E-state index contributed by atoms with van der Waals surface area (Å²) in [6.45, 7) is 5.18. The minimum atomic E-state index is -0.320. The summed E-state index contributed by atoms with van der Waals surface area (Å²) in [6, 6.07) is 7.72. The molecule has 0 radical (unpaired) electrons. The zero-order valence-corrected chi connectivity index (χ0v) is 14.6. The summed E-state index contributed by atoms with van der Waals surface area (Å²) in [5.74, 6) is 0.621. The molecule has 0 amide bonds. The fraction of sp³-hybridized carbons (Fsp3) is 0.421. The largest absolute Gasteiger partial charge is 0.337 e. The number of benzene rings is 1. The molecular formula is C19H22N4O2. The first-order valence-electron chi connectivity index (χ1n) is 8.88. The number of hydrogen-bond acceptors (Lipinski definition) is 3. The Labute approximate surface area is 145 Å². The second-order valence-corrected chi connectivity index (χ2v) is 6.92. The Balaban J connectivity index is 2.03. The van der Waals surface area contributed by atoms with Gasteiger partial charge in [-0.15, -0.1) is 0 Å². The molecule has 2 heterocycles. The minimum Gasteiger partial charge on any atom is -0.324 e. The Morgan fingerprint density at radius 1 is 1.16 bits per heavy atom. The lowest BCUT2D eigenvalue weighted by molar-refractivity contribution is 0.596. The molecule has 1 aliphatic carbocycles. The highest BCUT2D eigenvalue weighted by Crippen LogP contribution is 2.31. The number of hydrogen-bond donors (Lipinski definition) is 0. The Bertz CT molecular complexity index is 1040. The first kappa shape index (κ1) is 15.9. The van der Waals surface area contributed by atoms with Crippen molar-refractivity contribution in [3.05, 3.63) is 57.0 Å². The van der Waals surface area contributed by atoms with Gasteiger partial charge in [-0.25, -0.2) is 14.3 Å². The first-order valence-corrected chi connectivity index (χ1v) is 8.88. The molecule has 0 spiro atoms. The molecule has 1 saturated carbocycles. The number of aryl methyl sites for hydroxylation is 1. The van der Waals surface area contributed by atoms with Gasteiger partial charge in [0.2, 0.25) is 0 Å². The standard InChI is InChI=1S/C19H22N4O2/c1-3-10-22-18(24)16-17(20-12-21(16)11-14-6-7-14)23(19(22)25)15-8-4-13(2)5-9-15/h4-5,8-9,12,14H,3,6-7,10-11H2,1-2H3. The third-order valence-corrected chi connectivity index (χ3v) is 4.79. The quantitative estimate of drug-likeness (QED) is 0.718. The molecule has 0 atom stereocenters. The van der Waals surface area contributed by atoms with Crippen LogP contribution in [0.5, 0.6) is 0 Å². The fourth-order valence-electron chi connectivity index (χ4n) is 3.24. The highest BCUT2D eigenvalue weighted by Gasteiger charge is 2.25. The van der Waals surface area contributed by atoms with Crippen molar-refractivity contribution >= 4 is 11.2 Å². The molecular weight excluding hydrogens is 316 g/mol. The molecule has 2 aromatic heterocycles. The van der Waals surface area contributed by atoms with Crippen LogP contribution in [0.4, 0.5) is 0 Å². The molecule has 6 heteroatoms. The normalized spacial score (nSPS) is 14.3. The van der Waals surface area contributed by atoms with Crippen molar-refractivity contribution in [1.29, 1.82) is 0 Å². The van der Waals surface area contributed by atoms with Crippen molar-refractivity contribution in [3.63, 3.8) is 0 Å². The van der Waals surface area contributed by atoms with E-state index >= 15 is 0 Å². The number of aromatic nitrogens is 4. The summed E-state index contributed by atoms with van der Waals surface area (Å²) in [4.78, 5) is 30.4. The fourth-order valence-corrected chi connectivity index (χ4v) is 3.24. The van der Waals surface area contributed by atoms with Crippen molar-refractivity contribution in [2.24, 2.45) is 5.92 Å². The van der Waals surface area contributed by atoms with Crippen LogP contribution >= 0.6 is 0 Å². The van der Waals surface area contributed by atoms with E-state index in [4.69, 9.17) is 0 Å². The van der Waals surface area contributed by atoms with Crippen LogP contribution < -0.4 is 11.2 Å². The Hall–Kier alpha value is -2.63. The van der Waals surface area contributed by atoms with E-state index in [1.54, 1.807) is 10.9 Å². The molecule has 130 valence electrons. The number of fused-ring (bicyclic) bond motifs is 1. The molecule has 1 aliphatic rings. The van der Waals surface area contributed by atoms with Crippen LogP contribution in [-0.2, 0) is 13.1 Å². The Morgan fingerprint density at radius 3 is 2.52 bits per heavy atom. The third-order valence-electron chi connectivity index (χ3n) is 4.79. The molecule has 1 fully saturated rings. The van der Waals surface area contributed by atoms with E-state index in [0.717, 1.165) is 24.2 Å². The van der Waals surface area contributed by atoms with Crippen LogP contribution in [0.3, 0.4) is 0 Å². The molecule has 25 heavy (non-hydrogen) atoms. The van der Waals surface area contributed by atoms with E-state index in [1.165, 1.54) is 17.4 Å². The van der Waals surface area contributed by atoms with Gasteiger partial charge >= 0.3 is 5.69 Å². The second-order valence-electron chi connectivity index (χ2n) is 6.92. The monoisotopic (exact) mass is 338 g/mol. The van der Waals surface area contributed by atoms with Crippen molar-refractivity contribution in [2.45, 2.75) is 46.2 Å². The van der Waals surface area contributed by atoms with Crippen molar-refractivity contribution in [1.82, 2.24) is 18.7 Å². The van der Waals surface area contributed by atoms with Crippen LogP contribution in [0, 0.1) is 12.8 Å². The van der Waals surface area contributed by atoms with Gasteiger partial charge in [0, 0.05) is 13.1 Å². The SMILES string of the molecule is CCCn1c(=O)c2c(ncn2CC2CC2)n(-c2ccc(C)cc2)c1=O. The van der Waals surface area contributed by atoms with Gasteiger partial charge in [0.25, 0.3) is 5.56 Å². The van der Waals surface area contributed by atoms with Gasteiger partial charge in [0.05, 0.1) is 12.0 Å². The maximum absolute atomic E-state index is 13.0. The highest BCUT2D eigenvalue weighted by atomic mass is 16.2. The molecule has 0 unspecified atom stereocenters. The summed E-state index contributed by atoms with van der Waals surface area (Å²) in [5.41, 5.74) is 2.28. The summed E-state index contributed by atoms with van der Waals surface area (Å²) in [6.07, 6.45) is 4.82. The number of imidazole rings is 1.